The first-order valence-corrected chi connectivity index (χ1v) is 10.8. The summed E-state index contributed by atoms with van der Waals surface area (Å²) in [6, 6.07) is 8.12. The third-order valence-corrected chi connectivity index (χ3v) is 5.85. The number of hydrogen-bond acceptors (Lipinski definition) is 5. The van der Waals surface area contributed by atoms with Crippen LogP contribution in [0.5, 0.6) is 11.5 Å². The first-order chi connectivity index (χ1) is 15.2. The fraction of sp³-hybridized carbons (Fsp3) is 0.217. The van der Waals surface area contributed by atoms with Crippen molar-refractivity contribution in [2.24, 2.45) is 0 Å². The molecule has 0 N–H and O–H groups in total. The van der Waals surface area contributed by atoms with Crippen LogP contribution in [0, 0.1) is 0 Å². The van der Waals surface area contributed by atoms with Gasteiger partial charge in [-0.15, -0.1) is 6.58 Å². The molecule has 0 saturated carbocycles. The zero-order chi connectivity index (χ0) is 23.5. The second-order valence-corrected chi connectivity index (χ2v) is 8.38. The van der Waals surface area contributed by atoms with Gasteiger partial charge in [-0.1, -0.05) is 36.1 Å². The minimum Gasteiger partial charge on any atom is -0.493 e. The van der Waals surface area contributed by atoms with Crippen LogP contribution in [0.3, 0.4) is 0 Å². The highest BCUT2D eigenvalue weighted by molar-refractivity contribution is 8.27. The van der Waals surface area contributed by atoms with E-state index in [2.05, 4.69) is 6.58 Å². The number of hydrogen-bond donors (Lipinski definition) is 0. The molecule has 1 amide bonds. The molecule has 0 aromatic heterocycles. The third-order valence-electron chi connectivity index (χ3n) is 4.55. The number of halogens is 3. The van der Waals surface area contributed by atoms with E-state index < -0.39 is 17.6 Å². The number of methoxy groups -OCH3 is 1. The second kappa shape index (κ2) is 9.79. The number of thioether (sulfide) groups is 1. The zero-order valence-corrected chi connectivity index (χ0v) is 19.0. The molecule has 3 rings (SSSR count). The number of alkyl halides is 3. The Morgan fingerprint density at radius 2 is 2.00 bits per heavy atom. The molecular formula is C23H20F3NO3S2. The Labute approximate surface area is 193 Å². The van der Waals surface area contributed by atoms with Crippen LogP contribution < -0.4 is 14.4 Å². The van der Waals surface area contributed by atoms with E-state index in [1.165, 1.54) is 12.1 Å². The van der Waals surface area contributed by atoms with Gasteiger partial charge in [-0.2, -0.15) is 13.2 Å². The predicted molar refractivity (Wildman–Crippen MR) is 125 cm³/mol. The monoisotopic (exact) mass is 479 g/mol. The Morgan fingerprint density at radius 1 is 1.25 bits per heavy atom. The Kier molecular flexibility index (Phi) is 7.30. The zero-order valence-electron chi connectivity index (χ0n) is 17.4. The maximum Gasteiger partial charge on any atom is 0.416 e. The number of thiocarbonyl (C=S) groups is 1. The summed E-state index contributed by atoms with van der Waals surface area (Å²) in [7, 11) is 1.55. The van der Waals surface area contributed by atoms with Crippen LogP contribution >= 0.6 is 24.0 Å². The van der Waals surface area contributed by atoms with E-state index >= 15 is 0 Å². The number of rotatable bonds is 7. The van der Waals surface area contributed by atoms with Gasteiger partial charge in [-0.25, -0.2) is 0 Å². The molecule has 2 aromatic rings. The lowest BCUT2D eigenvalue weighted by Crippen LogP contribution is -2.27. The molecule has 0 bridgehead atoms. The summed E-state index contributed by atoms with van der Waals surface area (Å²) in [6.07, 6.45) is -0.630. The van der Waals surface area contributed by atoms with E-state index in [0.717, 1.165) is 34.4 Å². The number of anilines is 1. The summed E-state index contributed by atoms with van der Waals surface area (Å²) >= 11 is 6.32. The SMILES string of the molecule is C=CCc1cc(/C=C2\SC(=S)N(c3cccc(C(F)(F)F)c3)C2=O)cc(OCC)c1OC. The number of ether oxygens (including phenoxy) is 2. The number of carbonyl (C=O) groups excluding carboxylic acids is 1. The Bertz CT molecular complexity index is 1100. The van der Waals surface area contributed by atoms with Crippen LogP contribution in [-0.2, 0) is 17.4 Å². The molecule has 0 radical (unpaired) electrons. The molecule has 2 aromatic carbocycles. The van der Waals surface area contributed by atoms with Gasteiger partial charge < -0.3 is 9.47 Å². The van der Waals surface area contributed by atoms with Crippen molar-refractivity contribution >= 4 is 46.0 Å². The van der Waals surface area contributed by atoms with Crippen LogP contribution in [-0.4, -0.2) is 23.9 Å². The molecule has 4 nitrogen and oxygen atoms in total. The number of allylic oxidation sites excluding steroid dienone is 1. The average Bonchev–Trinajstić information content (AvgIpc) is 3.01. The largest absolute Gasteiger partial charge is 0.493 e. The van der Waals surface area contributed by atoms with Gasteiger partial charge in [-0.05, 0) is 55.3 Å². The standard InChI is InChI=1S/C23H20F3NO3S2/c1-4-7-15-10-14(11-18(30-5-2)20(15)29-3)12-19-21(28)27(22(31)32-19)17-9-6-8-16(13-17)23(24,25)26/h4,6,8-13H,1,5,7H2,2-3H3/b19-12-. The first kappa shape index (κ1) is 23.9. The summed E-state index contributed by atoms with van der Waals surface area (Å²) in [4.78, 5) is 14.4. The summed E-state index contributed by atoms with van der Waals surface area (Å²) in [5.74, 6) is 0.618. The van der Waals surface area contributed by atoms with Crippen molar-refractivity contribution in [2.75, 3.05) is 18.6 Å². The molecule has 1 aliphatic rings. The molecule has 0 atom stereocenters. The lowest BCUT2D eigenvalue weighted by atomic mass is 10.0. The molecule has 168 valence electrons. The van der Waals surface area contributed by atoms with Crippen molar-refractivity contribution in [3.63, 3.8) is 0 Å². The Morgan fingerprint density at radius 3 is 2.62 bits per heavy atom. The van der Waals surface area contributed by atoms with Crippen LogP contribution in [0.2, 0.25) is 0 Å². The van der Waals surface area contributed by atoms with Crippen molar-refractivity contribution < 1.29 is 27.4 Å². The smallest absolute Gasteiger partial charge is 0.416 e. The Hall–Kier alpha value is -2.78. The van der Waals surface area contributed by atoms with E-state index in [1.807, 2.05) is 13.0 Å². The highest BCUT2D eigenvalue weighted by atomic mass is 32.2. The quantitative estimate of drug-likeness (QED) is 0.267. The van der Waals surface area contributed by atoms with Crippen LogP contribution in [0.15, 0.2) is 54.0 Å². The molecular weight excluding hydrogens is 459 g/mol. The first-order valence-electron chi connectivity index (χ1n) is 9.59. The minimum absolute atomic E-state index is 0.0720. The van der Waals surface area contributed by atoms with Crippen LogP contribution in [0.25, 0.3) is 6.08 Å². The molecule has 0 spiro atoms. The van der Waals surface area contributed by atoms with E-state index in [9.17, 15) is 18.0 Å². The molecule has 1 fully saturated rings. The van der Waals surface area contributed by atoms with Crippen LogP contribution in [0.4, 0.5) is 18.9 Å². The summed E-state index contributed by atoms with van der Waals surface area (Å²) in [5.41, 5.74) is 0.727. The normalized spacial score (nSPS) is 15.4. The highest BCUT2D eigenvalue weighted by Crippen LogP contribution is 2.40. The Balaban J connectivity index is 2.00. The van der Waals surface area contributed by atoms with Gasteiger partial charge in [0, 0.05) is 5.56 Å². The van der Waals surface area contributed by atoms with Gasteiger partial charge in [0.2, 0.25) is 0 Å². The van der Waals surface area contributed by atoms with Crippen molar-refractivity contribution in [2.45, 2.75) is 19.5 Å². The summed E-state index contributed by atoms with van der Waals surface area (Å²) < 4.78 is 50.6. The molecule has 0 aliphatic carbocycles. The minimum atomic E-state index is -4.52. The molecule has 1 aliphatic heterocycles. The predicted octanol–water partition coefficient (Wildman–Crippen LogP) is 6.25. The van der Waals surface area contributed by atoms with Gasteiger partial charge >= 0.3 is 6.18 Å². The number of carbonyl (C=O) groups is 1. The lowest BCUT2D eigenvalue weighted by molar-refractivity contribution is -0.137. The maximum absolute atomic E-state index is 13.1. The van der Waals surface area contributed by atoms with Gasteiger partial charge in [0.1, 0.15) is 0 Å². The summed E-state index contributed by atoms with van der Waals surface area (Å²) in [6.45, 7) is 6.02. The molecule has 32 heavy (non-hydrogen) atoms. The van der Waals surface area contributed by atoms with Crippen molar-refractivity contribution in [3.8, 4) is 11.5 Å². The number of benzene rings is 2. The van der Waals surface area contributed by atoms with Crippen molar-refractivity contribution in [3.05, 3.63) is 70.6 Å². The fourth-order valence-electron chi connectivity index (χ4n) is 3.23. The van der Waals surface area contributed by atoms with E-state index in [0.29, 0.717) is 35.0 Å². The van der Waals surface area contributed by atoms with Gasteiger partial charge in [0.15, 0.2) is 15.8 Å². The maximum atomic E-state index is 13.1. The lowest BCUT2D eigenvalue weighted by Gasteiger charge is -2.16. The summed E-state index contributed by atoms with van der Waals surface area (Å²) in [5, 5.41) is 0. The number of nitrogens with zero attached hydrogens (tertiary/aromatic N) is 1. The molecule has 0 unspecified atom stereocenters. The van der Waals surface area contributed by atoms with Crippen LogP contribution in [0.1, 0.15) is 23.6 Å². The molecule has 1 heterocycles. The third kappa shape index (κ3) is 4.99. The van der Waals surface area contributed by atoms with E-state index in [-0.39, 0.29) is 10.0 Å². The fourth-order valence-corrected chi connectivity index (χ4v) is 4.53. The second-order valence-electron chi connectivity index (χ2n) is 6.70. The molecule has 9 heteroatoms. The number of amides is 1. The van der Waals surface area contributed by atoms with Gasteiger partial charge in [0.05, 0.1) is 29.9 Å². The molecule has 1 saturated heterocycles. The van der Waals surface area contributed by atoms with E-state index in [4.69, 9.17) is 21.7 Å². The van der Waals surface area contributed by atoms with E-state index in [1.54, 1.807) is 25.3 Å². The van der Waals surface area contributed by atoms with Crippen molar-refractivity contribution in [1.29, 1.82) is 0 Å². The van der Waals surface area contributed by atoms with Gasteiger partial charge in [-0.3, -0.25) is 9.69 Å². The topological polar surface area (TPSA) is 38.8 Å². The highest BCUT2D eigenvalue weighted by Gasteiger charge is 2.36. The average molecular weight is 480 g/mol. The van der Waals surface area contributed by atoms with Crippen molar-refractivity contribution in [1.82, 2.24) is 0 Å². The van der Waals surface area contributed by atoms with Gasteiger partial charge in [0.25, 0.3) is 5.91 Å².